The van der Waals surface area contributed by atoms with E-state index in [1.165, 1.54) is 0 Å². The fourth-order valence-corrected chi connectivity index (χ4v) is 3.37. The van der Waals surface area contributed by atoms with Crippen LogP contribution in [-0.2, 0) is 11.0 Å². The zero-order valence-electron chi connectivity index (χ0n) is 16.5. The summed E-state index contributed by atoms with van der Waals surface area (Å²) in [7, 11) is 0. The van der Waals surface area contributed by atoms with E-state index in [-0.39, 0.29) is 23.1 Å². The summed E-state index contributed by atoms with van der Waals surface area (Å²) in [5, 5.41) is 13.1. The maximum atomic E-state index is 12.7. The van der Waals surface area contributed by atoms with Gasteiger partial charge in [-0.15, -0.1) is 0 Å². The van der Waals surface area contributed by atoms with E-state index >= 15 is 0 Å². The number of hydrogen-bond donors (Lipinski definition) is 4. The third kappa shape index (κ3) is 6.42. The maximum absolute atomic E-state index is 12.7. The van der Waals surface area contributed by atoms with Crippen molar-refractivity contribution in [3.63, 3.8) is 0 Å². The lowest BCUT2D eigenvalue weighted by Gasteiger charge is -2.33. The van der Waals surface area contributed by atoms with Gasteiger partial charge in [0, 0.05) is 23.8 Å². The van der Waals surface area contributed by atoms with Crippen LogP contribution in [0.3, 0.4) is 0 Å². The first-order valence-electron chi connectivity index (χ1n) is 9.29. The summed E-state index contributed by atoms with van der Waals surface area (Å²) in [5.41, 5.74) is 11.9. The molecular formula is C20H27F3N4O2. The Hall–Kier alpha value is -2.68. The summed E-state index contributed by atoms with van der Waals surface area (Å²) in [4.78, 5) is 13.4. The molecule has 0 radical (unpaired) electrons. The van der Waals surface area contributed by atoms with Crippen molar-refractivity contribution in [3.05, 3.63) is 46.8 Å². The van der Waals surface area contributed by atoms with Crippen molar-refractivity contribution in [1.29, 1.82) is 0 Å². The normalized spacial score (nSPS) is 19.6. The number of piperidine rings is 1. The molecule has 9 heteroatoms. The second kappa shape index (κ2) is 9.21. The molecule has 0 spiro atoms. The van der Waals surface area contributed by atoms with Gasteiger partial charge in [-0.25, -0.2) is 0 Å². The molecule has 0 bridgehead atoms. The molecule has 1 fully saturated rings. The average molecular weight is 412 g/mol. The van der Waals surface area contributed by atoms with E-state index in [0.717, 1.165) is 31.5 Å². The van der Waals surface area contributed by atoms with Gasteiger partial charge in [0.2, 0.25) is 0 Å². The van der Waals surface area contributed by atoms with Gasteiger partial charge in [-0.1, -0.05) is 0 Å². The second-order valence-corrected chi connectivity index (χ2v) is 7.35. The van der Waals surface area contributed by atoms with Crippen molar-refractivity contribution in [2.24, 2.45) is 11.5 Å². The van der Waals surface area contributed by atoms with E-state index in [1.807, 2.05) is 0 Å². The van der Waals surface area contributed by atoms with Crippen LogP contribution in [0.2, 0.25) is 0 Å². The predicted molar refractivity (Wildman–Crippen MR) is 105 cm³/mol. The number of likely N-dealkylation sites (tertiary alicyclic amines) is 1. The van der Waals surface area contributed by atoms with Crippen molar-refractivity contribution in [1.82, 2.24) is 10.2 Å². The minimum absolute atomic E-state index is 0.0767. The van der Waals surface area contributed by atoms with Crippen LogP contribution in [0.15, 0.2) is 35.7 Å². The van der Waals surface area contributed by atoms with Gasteiger partial charge < -0.3 is 21.9 Å². The van der Waals surface area contributed by atoms with Crippen molar-refractivity contribution >= 4 is 11.5 Å². The van der Waals surface area contributed by atoms with Gasteiger partial charge in [0.15, 0.2) is 0 Å². The first kappa shape index (κ1) is 22.6. The van der Waals surface area contributed by atoms with Crippen molar-refractivity contribution < 1.29 is 23.1 Å². The van der Waals surface area contributed by atoms with E-state index in [2.05, 4.69) is 10.2 Å². The van der Waals surface area contributed by atoms with Gasteiger partial charge in [0.25, 0.3) is 0 Å². The summed E-state index contributed by atoms with van der Waals surface area (Å²) in [5.74, 6) is -0.0904. The van der Waals surface area contributed by atoms with E-state index in [4.69, 9.17) is 11.5 Å². The van der Waals surface area contributed by atoms with Gasteiger partial charge in [-0.05, 0) is 63.1 Å². The molecule has 1 atom stereocenters. The van der Waals surface area contributed by atoms with Crippen LogP contribution in [0.25, 0.3) is 5.70 Å². The molecule has 1 unspecified atom stereocenters. The number of nitrogens with one attached hydrogen (secondary N) is 1. The van der Waals surface area contributed by atoms with Crippen molar-refractivity contribution in [3.8, 4) is 5.75 Å². The number of rotatable bonds is 6. The predicted octanol–water partition coefficient (Wildman–Crippen LogP) is 2.54. The van der Waals surface area contributed by atoms with Crippen LogP contribution in [0.1, 0.15) is 37.8 Å². The molecule has 0 aliphatic carbocycles. The minimum atomic E-state index is -4.55. The Kier molecular flexibility index (Phi) is 7.18. The second-order valence-electron chi connectivity index (χ2n) is 7.35. The third-order valence-corrected chi connectivity index (χ3v) is 4.73. The number of carbonyl (C=O) groups excluding carboxylic acids is 1. The molecule has 1 aliphatic rings. The Morgan fingerprint density at radius 1 is 1.34 bits per heavy atom. The van der Waals surface area contributed by atoms with Crippen LogP contribution < -0.4 is 16.8 Å². The number of alkyl halides is 3. The number of nitrogens with two attached hydrogens (primary N) is 2. The number of halogens is 3. The highest BCUT2D eigenvalue weighted by Gasteiger charge is 2.31. The van der Waals surface area contributed by atoms with Gasteiger partial charge in [0.05, 0.1) is 17.9 Å². The molecule has 6 N–H and O–H groups in total. The average Bonchev–Trinajstić information content (AvgIpc) is 2.59. The largest absolute Gasteiger partial charge is 0.507 e. The number of phenolic OH excluding ortho intramolecular Hbond substituents is 1. The van der Waals surface area contributed by atoms with Gasteiger partial charge in [0.1, 0.15) is 11.5 Å². The Balaban J connectivity index is 2.11. The molecule has 0 aromatic heterocycles. The highest BCUT2D eigenvalue weighted by molar-refractivity contribution is 5.77. The summed E-state index contributed by atoms with van der Waals surface area (Å²) >= 11 is 0. The van der Waals surface area contributed by atoms with Gasteiger partial charge in [-0.3, -0.25) is 9.69 Å². The number of carbonyl (C=O) groups is 1. The fourth-order valence-electron chi connectivity index (χ4n) is 3.37. The quantitative estimate of drug-likeness (QED) is 0.536. The third-order valence-electron chi connectivity index (χ3n) is 4.73. The molecule has 29 heavy (non-hydrogen) atoms. The van der Waals surface area contributed by atoms with Crippen molar-refractivity contribution in [2.45, 2.75) is 38.9 Å². The molecule has 1 aliphatic heterocycles. The molecule has 1 saturated heterocycles. The number of nitrogens with zero attached hydrogens (tertiary/aromatic N) is 1. The molecule has 1 heterocycles. The summed E-state index contributed by atoms with van der Waals surface area (Å²) in [6.45, 7) is 5.16. The first-order chi connectivity index (χ1) is 13.5. The maximum Gasteiger partial charge on any atom is 0.416 e. The molecular weight excluding hydrogens is 385 g/mol. The SMILES string of the molecule is CC(=O)CN1CCCC(N/C(N)=C/C(C)=C(\N)c2ccc(C(F)(F)F)cc2O)C1. The fraction of sp³-hybridized carbons (Fsp3) is 0.450. The highest BCUT2D eigenvalue weighted by Crippen LogP contribution is 2.34. The van der Waals surface area contributed by atoms with Crippen LogP contribution in [0.4, 0.5) is 13.2 Å². The first-order valence-corrected chi connectivity index (χ1v) is 9.29. The highest BCUT2D eigenvalue weighted by atomic mass is 19.4. The molecule has 1 aromatic rings. The van der Waals surface area contributed by atoms with Crippen LogP contribution in [0, 0.1) is 0 Å². The Morgan fingerprint density at radius 2 is 2.03 bits per heavy atom. The number of allylic oxidation sites excluding steroid dienone is 2. The standard InChI is InChI=1S/C20H27F3N4O2/c1-12(19(25)16-6-5-14(9-17(16)29)20(21,22)23)8-18(24)26-15-4-3-7-27(11-15)10-13(2)28/h5-6,8-9,15,26,29H,3-4,7,10-11,24-25H2,1-2H3/b18-8+,19-12-. The van der Waals surface area contributed by atoms with Crippen LogP contribution in [-0.4, -0.2) is 41.5 Å². The van der Waals surface area contributed by atoms with E-state index in [9.17, 15) is 23.1 Å². The van der Waals surface area contributed by atoms with E-state index < -0.39 is 17.5 Å². The lowest BCUT2D eigenvalue weighted by atomic mass is 10.0. The number of Topliss-reactive ketones (excluding diaryl/α,β-unsaturated/α-hetero) is 1. The molecule has 160 valence electrons. The monoisotopic (exact) mass is 412 g/mol. The van der Waals surface area contributed by atoms with Crippen LogP contribution in [0.5, 0.6) is 5.75 Å². The number of ketones is 1. The topological polar surface area (TPSA) is 105 Å². The van der Waals surface area contributed by atoms with E-state index in [1.54, 1.807) is 19.9 Å². The Labute approximate surface area is 168 Å². The van der Waals surface area contributed by atoms with Gasteiger partial charge in [-0.2, -0.15) is 13.2 Å². The zero-order chi connectivity index (χ0) is 21.8. The van der Waals surface area contributed by atoms with Crippen molar-refractivity contribution in [2.75, 3.05) is 19.6 Å². The summed E-state index contributed by atoms with van der Waals surface area (Å²) in [6, 6.07) is 2.72. The zero-order valence-corrected chi connectivity index (χ0v) is 16.5. The molecule has 2 rings (SSSR count). The van der Waals surface area contributed by atoms with Crippen LogP contribution >= 0.6 is 0 Å². The molecule has 0 saturated carbocycles. The number of phenols is 1. The van der Waals surface area contributed by atoms with Gasteiger partial charge >= 0.3 is 6.18 Å². The smallest absolute Gasteiger partial charge is 0.416 e. The Morgan fingerprint density at radius 3 is 2.62 bits per heavy atom. The molecule has 6 nitrogen and oxygen atoms in total. The summed E-state index contributed by atoms with van der Waals surface area (Å²) < 4.78 is 38.2. The molecule has 0 amide bonds. The Bertz CT molecular complexity index is 818. The molecule has 1 aromatic carbocycles. The minimum Gasteiger partial charge on any atom is -0.507 e. The lowest BCUT2D eigenvalue weighted by Crippen LogP contribution is -2.47. The summed E-state index contributed by atoms with van der Waals surface area (Å²) in [6.07, 6.45) is -1.13. The lowest BCUT2D eigenvalue weighted by molar-refractivity contribution is -0.137. The number of benzene rings is 1. The van der Waals surface area contributed by atoms with E-state index in [0.29, 0.717) is 30.5 Å². The number of hydrogen-bond acceptors (Lipinski definition) is 6. The number of aromatic hydroxyl groups is 1.